The lowest BCUT2D eigenvalue weighted by Gasteiger charge is -2.41. The number of imide groups is 1. The van der Waals surface area contributed by atoms with Crippen molar-refractivity contribution in [3.05, 3.63) is 101 Å². The van der Waals surface area contributed by atoms with Crippen molar-refractivity contribution in [3.63, 3.8) is 0 Å². The first-order valence-corrected chi connectivity index (χ1v) is 23.6. The van der Waals surface area contributed by atoms with Gasteiger partial charge < -0.3 is 40.4 Å². The SMILES string of the molecule is CCc1c(C(N)=O)ccc(-c2cccc(OCCCCCCOCCOCCNc3ccc4c(c3)CN(C3CCC(=O)NC3=O)C4=O)c2)c1NC1(c2nc(-c3ccncn3)n[nH]2)CCN(C)CC1. The Morgan fingerprint density at radius 3 is 2.49 bits per heavy atom. The van der Waals surface area contributed by atoms with E-state index in [4.69, 9.17) is 24.9 Å². The van der Waals surface area contributed by atoms with Crippen molar-refractivity contribution in [2.24, 2.45) is 5.73 Å². The van der Waals surface area contributed by atoms with Crippen molar-refractivity contribution in [2.75, 3.05) is 70.3 Å². The number of aromatic amines is 1. The minimum absolute atomic E-state index is 0.184. The van der Waals surface area contributed by atoms with E-state index in [2.05, 4.69) is 60.2 Å². The van der Waals surface area contributed by atoms with E-state index in [1.54, 1.807) is 23.2 Å². The topological polar surface area (TPSA) is 232 Å². The second kappa shape index (κ2) is 22.4. The quantitative estimate of drug-likeness (QED) is 0.0404. The number of primary amides is 1. The molecule has 5 aromatic rings. The number of amides is 4. The van der Waals surface area contributed by atoms with Crippen molar-refractivity contribution >= 4 is 35.0 Å². The summed E-state index contributed by atoms with van der Waals surface area (Å²) >= 11 is 0. The molecule has 0 bridgehead atoms. The minimum Gasteiger partial charge on any atom is -0.494 e. The summed E-state index contributed by atoms with van der Waals surface area (Å²) < 4.78 is 17.8. The number of ether oxygens (including phenoxy) is 3. The molecule has 2 aromatic heterocycles. The zero-order valence-electron chi connectivity index (χ0n) is 38.9. The molecule has 0 aliphatic carbocycles. The number of piperidine rings is 2. The molecule has 8 rings (SSSR count). The summed E-state index contributed by atoms with van der Waals surface area (Å²) in [5.74, 6) is 0.590. The molecule has 18 nitrogen and oxygen atoms in total. The summed E-state index contributed by atoms with van der Waals surface area (Å²) in [7, 11) is 2.11. The molecule has 4 amide bonds. The maximum atomic E-state index is 13.0. The molecule has 1 unspecified atom stereocenters. The Balaban J connectivity index is 0.764. The highest BCUT2D eigenvalue weighted by Gasteiger charge is 2.41. The molecule has 358 valence electrons. The fraction of sp³-hybridized carbons (Fsp3) is 0.440. The highest BCUT2D eigenvalue weighted by molar-refractivity contribution is 6.05. The molecule has 2 saturated heterocycles. The molecule has 1 atom stereocenters. The van der Waals surface area contributed by atoms with Crippen LogP contribution in [0.5, 0.6) is 5.75 Å². The van der Waals surface area contributed by atoms with Gasteiger partial charge in [-0.2, -0.15) is 5.10 Å². The summed E-state index contributed by atoms with van der Waals surface area (Å²) in [4.78, 5) is 66.8. The molecule has 3 aliphatic rings. The average Bonchev–Trinajstić information content (AvgIpc) is 3.98. The van der Waals surface area contributed by atoms with E-state index in [1.807, 2.05) is 43.3 Å². The molecular formula is C50H61N11O7. The fourth-order valence-corrected chi connectivity index (χ4v) is 9.18. The molecule has 18 heteroatoms. The average molecular weight is 928 g/mol. The Bertz CT molecular complexity index is 2560. The van der Waals surface area contributed by atoms with Crippen LogP contribution >= 0.6 is 0 Å². The van der Waals surface area contributed by atoms with Gasteiger partial charge in [0.2, 0.25) is 17.7 Å². The lowest BCUT2D eigenvalue weighted by Crippen LogP contribution is -2.52. The van der Waals surface area contributed by atoms with Crippen LogP contribution in [0, 0.1) is 0 Å². The van der Waals surface area contributed by atoms with Crippen molar-refractivity contribution in [2.45, 2.75) is 82.8 Å². The molecule has 3 aliphatic heterocycles. The van der Waals surface area contributed by atoms with Gasteiger partial charge in [0.25, 0.3) is 5.91 Å². The standard InChI is InChI=1S/C50H61N11O7/c1-3-37-40(45(51)63)14-13-38(44(37)57-50(18-22-60(2)23-19-50)49-56-46(58-59-49)41-17-20-52-32-54-41)33-9-8-10-36(30-33)68-25-7-5-4-6-24-66-27-28-67-26-21-53-35-11-12-39-34(29-35)31-61(48(39)65)42-15-16-43(62)55-47(42)64/h8-14,17,20,29-30,32,42,53,57H,3-7,15-16,18-19,21-28,31H2,1-2H3,(H2,51,63)(H,55,62,64)(H,56,58,59). The van der Waals surface area contributed by atoms with Crippen LogP contribution < -0.4 is 26.4 Å². The van der Waals surface area contributed by atoms with Crippen molar-refractivity contribution in [3.8, 4) is 28.4 Å². The van der Waals surface area contributed by atoms with Crippen LogP contribution in [0.2, 0.25) is 0 Å². The van der Waals surface area contributed by atoms with Crippen LogP contribution in [-0.2, 0) is 37.6 Å². The van der Waals surface area contributed by atoms with Crippen LogP contribution in [-0.4, -0.2) is 124 Å². The second-order valence-corrected chi connectivity index (χ2v) is 17.6. The number of unbranched alkanes of at least 4 members (excludes halogenated alkanes) is 3. The molecule has 6 N–H and O–H groups in total. The number of likely N-dealkylation sites (tertiary alicyclic amines) is 1. The third-order valence-electron chi connectivity index (χ3n) is 13.0. The predicted molar refractivity (Wildman–Crippen MR) is 256 cm³/mol. The third kappa shape index (κ3) is 11.3. The van der Waals surface area contributed by atoms with Gasteiger partial charge in [-0.25, -0.2) is 15.0 Å². The maximum Gasteiger partial charge on any atom is 0.255 e. The smallest absolute Gasteiger partial charge is 0.255 e. The zero-order chi connectivity index (χ0) is 47.5. The molecule has 0 radical (unpaired) electrons. The Labute approximate surface area is 396 Å². The molecule has 0 saturated carbocycles. The summed E-state index contributed by atoms with van der Waals surface area (Å²) in [6.45, 7) is 7.38. The minimum atomic E-state index is -0.628. The van der Waals surface area contributed by atoms with E-state index in [-0.39, 0.29) is 18.2 Å². The van der Waals surface area contributed by atoms with E-state index >= 15 is 0 Å². The van der Waals surface area contributed by atoms with Gasteiger partial charge in [-0.15, -0.1) is 0 Å². The highest BCUT2D eigenvalue weighted by Crippen LogP contribution is 2.42. The number of rotatable bonds is 23. The van der Waals surface area contributed by atoms with Crippen LogP contribution in [0.15, 0.2) is 73.2 Å². The first kappa shape index (κ1) is 47.7. The maximum absolute atomic E-state index is 13.0. The van der Waals surface area contributed by atoms with Gasteiger partial charge in [-0.3, -0.25) is 29.6 Å². The van der Waals surface area contributed by atoms with Crippen LogP contribution in [0.1, 0.15) is 96.0 Å². The summed E-state index contributed by atoms with van der Waals surface area (Å²) in [5, 5.41) is 17.4. The first-order valence-electron chi connectivity index (χ1n) is 23.6. The fourth-order valence-electron chi connectivity index (χ4n) is 9.18. The van der Waals surface area contributed by atoms with E-state index in [0.29, 0.717) is 87.4 Å². The number of aromatic nitrogens is 5. The molecule has 2 fully saturated rings. The van der Waals surface area contributed by atoms with Crippen LogP contribution in [0.25, 0.3) is 22.6 Å². The Morgan fingerprint density at radius 1 is 0.926 bits per heavy atom. The highest BCUT2D eigenvalue weighted by atomic mass is 16.5. The van der Waals surface area contributed by atoms with Crippen molar-refractivity contribution in [1.29, 1.82) is 0 Å². The predicted octanol–water partition coefficient (Wildman–Crippen LogP) is 5.47. The lowest BCUT2D eigenvalue weighted by atomic mass is 9.84. The monoisotopic (exact) mass is 927 g/mol. The number of hydrogen-bond donors (Lipinski definition) is 5. The van der Waals surface area contributed by atoms with E-state index in [1.165, 1.54) is 6.33 Å². The number of H-pyrrole nitrogens is 1. The molecule has 3 aromatic carbocycles. The number of benzene rings is 3. The number of anilines is 2. The first-order chi connectivity index (χ1) is 33.1. The number of nitrogens with two attached hydrogens (primary N) is 1. The number of carbonyl (C=O) groups is 4. The second-order valence-electron chi connectivity index (χ2n) is 17.6. The Morgan fingerprint density at radius 2 is 1.72 bits per heavy atom. The number of nitrogens with one attached hydrogen (secondary N) is 4. The number of hydrogen-bond acceptors (Lipinski definition) is 14. The normalized spacial score (nSPS) is 16.9. The van der Waals surface area contributed by atoms with Gasteiger partial charge in [0.1, 0.15) is 23.8 Å². The van der Waals surface area contributed by atoms with Gasteiger partial charge >= 0.3 is 0 Å². The van der Waals surface area contributed by atoms with Gasteiger partial charge in [-0.1, -0.05) is 31.5 Å². The van der Waals surface area contributed by atoms with Gasteiger partial charge in [0.15, 0.2) is 11.6 Å². The largest absolute Gasteiger partial charge is 0.494 e. The van der Waals surface area contributed by atoms with E-state index in [0.717, 1.165) is 91.0 Å². The molecule has 0 spiro atoms. The van der Waals surface area contributed by atoms with E-state index < -0.39 is 23.4 Å². The Kier molecular flexibility index (Phi) is 15.7. The van der Waals surface area contributed by atoms with Gasteiger partial charge in [-0.05, 0) is 111 Å². The summed E-state index contributed by atoms with van der Waals surface area (Å²) in [5.41, 5.74) is 12.3. The summed E-state index contributed by atoms with van der Waals surface area (Å²) in [6.07, 6.45) is 9.69. The van der Waals surface area contributed by atoms with Crippen molar-refractivity contribution < 1.29 is 33.4 Å². The van der Waals surface area contributed by atoms with Gasteiger partial charge in [0.05, 0.1) is 32.0 Å². The van der Waals surface area contributed by atoms with Crippen LogP contribution in [0.3, 0.4) is 0 Å². The van der Waals surface area contributed by atoms with E-state index in [9.17, 15) is 19.2 Å². The zero-order valence-corrected chi connectivity index (χ0v) is 38.9. The number of fused-ring (bicyclic) bond motifs is 1. The van der Waals surface area contributed by atoms with Crippen LogP contribution in [0.4, 0.5) is 11.4 Å². The molecule has 5 heterocycles. The number of carbonyl (C=O) groups excluding carboxylic acids is 4. The summed E-state index contributed by atoms with van der Waals surface area (Å²) in [6, 6.07) is 18.6. The lowest BCUT2D eigenvalue weighted by molar-refractivity contribution is -0.136. The number of nitrogens with zero attached hydrogens (tertiary/aromatic N) is 6. The Hall–Kier alpha value is -6.76. The molecule has 68 heavy (non-hydrogen) atoms. The third-order valence-corrected chi connectivity index (χ3v) is 13.0. The van der Waals surface area contributed by atoms with Gasteiger partial charge in [0, 0.05) is 73.5 Å². The molecular weight excluding hydrogens is 867 g/mol. The van der Waals surface area contributed by atoms with Crippen molar-refractivity contribution in [1.82, 2.24) is 40.3 Å².